The van der Waals surface area contributed by atoms with Crippen molar-refractivity contribution in [1.82, 2.24) is 4.98 Å². The van der Waals surface area contributed by atoms with Gasteiger partial charge in [0.15, 0.2) is 5.92 Å². The Morgan fingerprint density at radius 3 is 2.79 bits per heavy atom. The van der Waals surface area contributed by atoms with E-state index in [4.69, 9.17) is 0 Å². The van der Waals surface area contributed by atoms with Crippen LogP contribution in [0.4, 0.5) is 0 Å². The van der Waals surface area contributed by atoms with Gasteiger partial charge in [-0.1, -0.05) is 15.9 Å². The third-order valence-corrected chi connectivity index (χ3v) is 3.59. The molecule has 0 radical (unpaired) electrons. The molecule has 1 aromatic heterocycles. The number of nitrogens with zero attached hydrogens (tertiary/aromatic N) is 1. The first kappa shape index (κ1) is 13.5. The predicted octanol–water partition coefficient (Wildman–Crippen LogP) is 2.76. The summed E-state index contributed by atoms with van der Waals surface area (Å²) in [5.74, 6) is -2.39. The summed E-state index contributed by atoms with van der Waals surface area (Å²) in [6, 6.07) is 4.16. The predicted molar refractivity (Wildman–Crippen MR) is 72.8 cm³/mol. The first-order valence-corrected chi connectivity index (χ1v) is 6.34. The Morgan fingerprint density at radius 1 is 1.53 bits per heavy atom. The van der Waals surface area contributed by atoms with Crippen LogP contribution in [0.2, 0.25) is 0 Å². The molecule has 0 amide bonds. The molecule has 0 saturated carbocycles. The van der Waals surface area contributed by atoms with Crippen LogP contribution in [0.15, 0.2) is 28.9 Å². The third-order valence-electron chi connectivity index (χ3n) is 3.09. The highest BCUT2D eigenvalue weighted by Crippen LogP contribution is 2.31. The normalized spacial score (nSPS) is 14.2. The molecule has 0 bridgehead atoms. The number of halogens is 1. The maximum absolute atomic E-state index is 11.3. The Balaban J connectivity index is 2.59. The summed E-state index contributed by atoms with van der Waals surface area (Å²) < 4.78 is 0.791. The van der Waals surface area contributed by atoms with E-state index < -0.39 is 22.9 Å². The number of benzene rings is 1. The van der Waals surface area contributed by atoms with Gasteiger partial charge in [-0.25, -0.2) is 0 Å². The van der Waals surface area contributed by atoms with E-state index in [0.717, 1.165) is 9.99 Å². The Morgan fingerprint density at radius 2 is 2.21 bits per heavy atom. The second-order valence-corrected chi connectivity index (χ2v) is 5.19. The van der Waals surface area contributed by atoms with Gasteiger partial charge in [0.25, 0.3) is 0 Å². The SMILES string of the molecule is C[C@@H]([C@H](C(=O)O)c1c[nH]c2ccc(Br)cc12)[N+](=O)[O-]. The molecule has 0 fully saturated rings. The molecule has 2 N–H and O–H groups in total. The van der Waals surface area contributed by atoms with Crippen molar-refractivity contribution in [2.75, 3.05) is 0 Å². The number of H-pyrrole nitrogens is 1. The van der Waals surface area contributed by atoms with Crippen molar-refractivity contribution in [2.45, 2.75) is 18.9 Å². The number of hydrogen-bond acceptors (Lipinski definition) is 3. The summed E-state index contributed by atoms with van der Waals surface area (Å²) in [6.07, 6.45) is 1.52. The lowest BCUT2D eigenvalue weighted by atomic mass is 9.92. The third kappa shape index (κ3) is 2.46. The van der Waals surface area contributed by atoms with Crippen LogP contribution in [-0.2, 0) is 4.79 Å². The summed E-state index contributed by atoms with van der Waals surface area (Å²) in [5, 5.41) is 20.8. The Hall–Kier alpha value is -1.89. The van der Waals surface area contributed by atoms with Gasteiger partial charge in [-0.2, -0.15) is 0 Å². The number of hydrogen-bond donors (Lipinski definition) is 2. The number of nitro groups is 1. The zero-order chi connectivity index (χ0) is 14.2. The molecule has 7 heteroatoms. The molecule has 0 aliphatic carbocycles. The van der Waals surface area contributed by atoms with Gasteiger partial charge < -0.3 is 10.1 Å². The minimum Gasteiger partial charge on any atom is -0.481 e. The number of aromatic amines is 1. The minimum atomic E-state index is -1.20. The van der Waals surface area contributed by atoms with Gasteiger partial charge >= 0.3 is 5.97 Å². The summed E-state index contributed by atoms with van der Waals surface area (Å²) in [5.41, 5.74) is 1.17. The van der Waals surface area contributed by atoms with Gasteiger partial charge in [-0.15, -0.1) is 0 Å². The highest BCUT2D eigenvalue weighted by molar-refractivity contribution is 9.10. The van der Waals surface area contributed by atoms with Gasteiger partial charge in [-0.05, 0) is 23.8 Å². The van der Waals surface area contributed by atoms with E-state index in [0.29, 0.717) is 10.9 Å². The molecule has 0 aliphatic rings. The minimum absolute atomic E-state index is 0.424. The van der Waals surface area contributed by atoms with E-state index in [2.05, 4.69) is 20.9 Å². The highest BCUT2D eigenvalue weighted by Gasteiger charge is 2.36. The topological polar surface area (TPSA) is 96.2 Å². The standard InChI is InChI=1S/C12H11BrN2O4/c1-6(15(18)19)11(12(16)17)9-5-14-10-3-2-7(13)4-8(9)10/h2-6,11,14H,1H3,(H,16,17)/t6-,11-/m0/s1. The first-order valence-electron chi connectivity index (χ1n) is 5.54. The van der Waals surface area contributed by atoms with Gasteiger partial charge in [0.2, 0.25) is 6.04 Å². The largest absolute Gasteiger partial charge is 0.481 e. The first-order chi connectivity index (χ1) is 8.91. The summed E-state index contributed by atoms with van der Waals surface area (Å²) in [7, 11) is 0. The van der Waals surface area contributed by atoms with Crippen LogP contribution >= 0.6 is 15.9 Å². The molecule has 19 heavy (non-hydrogen) atoms. The molecule has 0 aliphatic heterocycles. The summed E-state index contributed by atoms with van der Waals surface area (Å²) in [4.78, 5) is 24.6. The zero-order valence-electron chi connectivity index (χ0n) is 9.96. The lowest BCUT2D eigenvalue weighted by Crippen LogP contribution is -2.30. The molecule has 100 valence electrons. The fraction of sp³-hybridized carbons (Fsp3) is 0.250. The molecular weight excluding hydrogens is 316 g/mol. The van der Waals surface area contributed by atoms with E-state index in [9.17, 15) is 20.0 Å². The van der Waals surface area contributed by atoms with Crippen molar-refractivity contribution in [1.29, 1.82) is 0 Å². The average molecular weight is 327 g/mol. The fourth-order valence-corrected chi connectivity index (χ4v) is 2.45. The quantitative estimate of drug-likeness (QED) is 0.666. The number of carboxylic acid groups (broad SMARTS) is 1. The van der Waals surface area contributed by atoms with Crippen LogP contribution in [0.5, 0.6) is 0 Å². The van der Waals surface area contributed by atoms with Gasteiger partial charge in [0, 0.05) is 33.4 Å². The van der Waals surface area contributed by atoms with Gasteiger partial charge in [0.1, 0.15) is 0 Å². The van der Waals surface area contributed by atoms with Gasteiger partial charge in [0.05, 0.1) is 0 Å². The van der Waals surface area contributed by atoms with E-state index in [-0.39, 0.29) is 0 Å². The number of aromatic nitrogens is 1. The molecule has 0 saturated heterocycles. The number of rotatable bonds is 4. The van der Waals surface area contributed by atoms with Crippen molar-refractivity contribution >= 4 is 32.8 Å². The number of carboxylic acids is 1. The summed E-state index contributed by atoms with van der Waals surface area (Å²) >= 11 is 3.31. The Bertz CT molecular complexity index is 652. The molecule has 1 aromatic carbocycles. The van der Waals surface area contributed by atoms with E-state index in [1.807, 2.05) is 6.07 Å². The van der Waals surface area contributed by atoms with Crippen LogP contribution in [0.25, 0.3) is 10.9 Å². The number of fused-ring (bicyclic) bond motifs is 1. The van der Waals surface area contributed by atoms with Crippen molar-refractivity contribution in [3.05, 3.63) is 44.5 Å². The average Bonchev–Trinajstić information content (AvgIpc) is 2.72. The molecule has 0 spiro atoms. The smallest absolute Gasteiger partial charge is 0.318 e. The van der Waals surface area contributed by atoms with Gasteiger partial charge in [-0.3, -0.25) is 14.9 Å². The number of nitrogens with one attached hydrogen (secondary N) is 1. The highest BCUT2D eigenvalue weighted by atomic mass is 79.9. The maximum atomic E-state index is 11.3. The van der Waals surface area contributed by atoms with Crippen LogP contribution < -0.4 is 0 Å². The number of aliphatic carboxylic acids is 1. The maximum Gasteiger partial charge on any atom is 0.318 e. The molecular formula is C12H11BrN2O4. The van der Waals surface area contributed by atoms with Crippen LogP contribution in [0.1, 0.15) is 18.4 Å². The Labute approximate surface area is 116 Å². The molecule has 2 atom stereocenters. The second-order valence-electron chi connectivity index (χ2n) is 4.28. The second kappa shape index (κ2) is 5.00. The monoisotopic (exact) mass is 326 g/mol. The molecule has 2 aromatic rings. The molecule has 2 rings (SSSR count). The zero-order valence-corrected chi connectivity index (χ0v) is 11.5. The van der Waals surface area contributed by atoms with Crippen LogP contribution in [-0.4, -0.2) is 27.0 Å². The van der Waals surface area contributed by atoms with E-state index in [1.165, 1.54) is 13.1 Å². The van der Waals surface area contributed by atoms with Crippen LogP contribution in [0, 0.1) is 10.1 Å². The lowest BCUT2D eigenvalue weighted by Gasteiger charge is -2.13. The molecule has 0 unspecified atom stereocenters. The lowest BCUT2D eigenvalue weighted by molar-refractivity contribution is -0.520. The van der Waals surface area contributed by atoms with Crippen molar-refractivity contribution in [3.8, 4) is 0 Å². The van der Waals surface area contributed by atoms with Crippen molar-refractivity contribution < 1.29 is 14.8 Å². The molecule has 1 heterocycles. The van der Waals surface area contributed by atoms with E-state index >= 15 is 0 Å². The number of carbonyl (C=O) groups is 1. The molecule has 6 nitrogen and oxygen atoms in total. The van der Waals surface area contributed by atoms with Crippen LogP contribution in [0.3, 0.4) is 0 Å². The van der Waals surface area contributed by atoms with Crippen molar-refractivity contribution in [2.24, 2.45) is 0 Å². The van der Waals surface area contributed by atoms with E-state index in [1.54, 1.807) is 12.1 Å². The summed E-state index contributed by atoms with van der Waals surface area (Å²) in [6.45, 7) is 1.30. The Kier molecular flexibility index (Phi) is 3.57. The van der Waals surface area contributed by atoms with Crippen molar-refractivity contribution in [3.63, 3.8) is 0 Å². The fourth-order valence-electron chi connectivity index (χ4n) is 2.09.